The molecule has 0 N–H and O–H groups in total. The number of amides is 2. The Morgan fingerprint density at radius 1 is 1.47 bits per heavy atom. The van der Waals surface area contributed by atoms with Crippen LogP contribution in [0.5, 0.6) is 0 Å². The van der Waals surface area contributed by atoms with Crippen LogP contribution < -0.4 is 0 Å². The first-order valence-corrected chi connectivity index (χ1v) is 4.63. The number of aldehydes is 1. The van der Waals surface area contributed by atoms with E-state index in [2.05, 4.69) is 4.84 Å². The summed E-state index contributed by atoms with van der Waals surface area (Å²) in [4.78, 5) is 48.3. The predicted molar refractivity (Wildman–Crippen MR) is 47.0 cm³/mol. The first-order valence-electron chi connectivity index (χ1n) is 4.63. The molecule has 1 aliphatic heterocycles. The van der Waals surface area contributed by atoms with E-state index in [9.17, 15) is 19.2 Å². The molecule has 15 heavy (non-hydrogen) atoms. The minimum absolute atomic E-state index is 0.0456. The van der Waals surface area contributed by atoms with E-state index in [1.807, 2.05) is 0 Å². The van der Waals surface area contributed by atoms with E-state index < -0.39 is 23.7 Å². The van der Waals surface area contributed by atoms with Gasteiger partial charge in [-0.3, -0.25) is 9.59 Å². The molecule has 1 aliphatic rings. The molecule has 1 saturated heterocycles. The summed E-state index contributed by atoms with van der Waals surface area (Å²) in [5, 5.41) is 0.439. The van der Waals surface area contributed by atoms with Crippen molar-refractivity contribution < 1.29 is 24.0 Å². The van der Waals surface area contributed by atoms with E-state index in [0.29, 0.717) is 11.3 Å². The second-order valence-corrected chi connectivity index (χ2v) is 3.14. The molecule has 6 nitrogen and oxygen atoms in total. The minimum atomic E-state index is -0.925. The van der Waals surface area contributed by atoms with Crippen LogP contribution in [-0.4, -0.2) is 29.1 Å². The highest BCUT2D eigenvalue weighted by Gasteiger charge is 2.34. The molecule has 2 amide bonds. The number of hydrogen-bond donors (Lipinski definition) is 0. The Balaban J connectivity index is 2.61. The summed E-state index contributed by atoms with van der Waals surface area (Å²) in [6.07, 6.45) is 0.805. The molecule has 1 heterocycles. The fourth-order valence-corrected chi connectivity index (χ4v) is 1.13. The molecule has 6 heteroatoms. The lowest BCUT2D eigenvalue weighted by Gasteiger charge is -2.14. The van der Waals surface area contributed by atoms with Crippen LogP contribution >= 0.6 is 0 Å². The van der Waals surface area contributed by atoms with Crippen LogP contribution in [0, 0.1) is 5.92 Å². The third-order valence-electron chi connectivity index (χ3n) is 2.09. The summed E-state index contributed by atoms with van der Waals surface area (Å²) in [5.41, 5.74) is 0. The van der Waals surface area contributed by atoms with Gasteiger partial charge in [0.15, 0.2) is 0 Å². The Hall–Kier alpha value is -1.72. The van der Waals surface area contributed by atoms with Crippen LogP contribution in [0.2, 0.25) is 0 Å². The zero-order valence-electron chi connectivity index (χ0n) is 8.26. The topological polar surface area (TPSA) is 80.8 Å². The average Bonchev–Trinajstić information content (AvgIpc) is 2.51. The zero-order chi connectivity index (χ0) is 11.4. The summed E-state index contributed by atoms with van der Waals surface area (Å²) in [5.74, 6) is -2.88. The number of carbonyl (C=O) groups excluding carboxylic acids is 4. The fourth-order valence-electron chi connectivity index (χ4n) is 1.13. The Labute approximate surface area is 86.1 Å². The zero-order valence-corrected chi connectivity index (χ0v) is 8.26. The Morgan fingerprint density at radius 2 is 2.00 bits per heavy atom. The Morgan fingerprint density at radius 3 is 2.40 bits per heavy atom. The Bertz CT molecular complexity index is 296. The lowest BCUT2D eigenvalue weighted by Crippen LogP contribution is -2.34. The molecule has 82 valence electrons. The van der Waals surface area contributed by atoms with Crippen LogP contribution in [0.1, 0.15) is 26.2 Å². The molecule has 0 aromatic carbocycles. The first kappa shape index (κ1) is 11.4. The molecule has 0 radical (unpaired) electrons. The molecule has 0 bridgehead atoms. The van der Waals surface area contributed by atoms with E-state index in [0.717, 1.165) is 0 Å². The summed E-state index contributed by atoms with van der Waals surface area (Å²) < 4.78 is 0. The van der Waals surface area contributed by atoms with Crippen molar-refractivity contribution in [1.82, 2.24) is 5.06 Å². The van der Waals surface area contributed by atoms with Gasteiger partial charge in [0.25, 0.3) is 11.8 Å². The van der Waals surface area contributed by atoms with Crippen molar-refractivity contribution in [2.45, 2.75) is 26.2 Å². The molecular formula is C9H11NO5. The highest BCUT2D eigenvalue weighted by molar-refractivity contribution is 6.02. The summed E-state index contributed by atoms with van der Waals surface area (Å²) in [6.45, 7) is 1.63. The van der Waals surface area contributed by atoms with Crippen molar-refractivity contribution in [3.63, 3.8) is 0 Å². The maximum absolute atomic E-state index is 11.3. The van der Waals surface area contributed by atoms with Gasteiger partial charge in [-0.25, -0.2) is 4.79 Å². The molecule has 0 aliphatic carbocycles. The molecule has 1 unspecified atom stereocenters. The molecule has 1 rings (SSSR count). The van der Waals surface area contributed by atoms with Crippen molar-refractivity contribution in [3.05, 3.63) is 0 Å². The highest BCUT2D eigenvalue weighted by atomic mass is 16.7. The third kappa shape index (κ3) is 2.39. The van der Waals surface area contributed by atoms with Gasteiger partial charge in [-0.2, -0.15) is 0 Å². The van der Waals surface area contributed by atoms with Crippen LogP contribution in [-0.2, 0) is 24.0 Å². The quantitative estimate of drug-likeness (QED) is 0.367. The average molecular weight is 213 g/mol. The number of hydroxylamine groups is 2. The van der Waals surface area contributed by atoms with Gasteiger partial charge in [-0.15, -0.1) is 5.06 Å². The number of carbonyl (C=O) groups is 4. The molecule has 0 aromatic heterocycles. The SMILES string of the molecule is CCC(C=O)C(=O)ON1C(=O)CCC1=O. The lowest BCUT2D eigenvalue weighted by molar-refractivity contribution is -0.200. The predicted octanol–water partition coefficient (Wildman–Crippen LogP) is -0.181. The van der Waals surface area contributed by atoms with Gasteiger partial charge in [-0.05, 0) is 6.42 Å². The number of hydrogen-bond acceptors (Lipinski definition) is 5. The Kier molecular flexibility index (Phi) is 3.54. The van der Waals surface area contributed by atoms with Crippen LogP contribution in [0.3, 0.4) is 0 Å². The van der Waals surface area contributed by atoms with E-state index in [1.54, 1.807) is 6.92 Å². The van der Waals surface area contributed by atoms with E-state index >= 15 is 0 Å². The fraction of sp³-hybridized carbons (Fsp3) is 0.556. The van der Waals surface area contributed by atoms with Crippen molar-refractivity contribution in [2.24, 2.45) is 5.92 Å². The monoisotopic (exact) mass is 213 g/mol. The normalized spacial score (nSPS) is 17.8. The van der Waals surface area contributed by atoms with Gasteiger partial charge >= 0.3 is 5.97 Å². The van der Waals surface area contributed by atoms with Crippen LogP contribution in [0.25, 0.3) is 0 Å². The molecule has 0 saturated carbocycles. The smallest absolute Gasteiger partial charge is 0.330 e. The van der Waals surface area contributed by atoms with Gasteiger partial charge in [0, 0.05) is 12.8 Å². The maximum atomic E-state index is 11.3. The standard InChI is InChI=1S/C9H11NO5/c1-2-6(5-11)9(14)15-10-7(12)3-4-8(10)13/h5-6H,2-4H2,1H3. The van der Waals surface area contributed by atoms with Crippen LogP contribution in [0.15, 0.2) is 0 Å². The third-order valence-corrected chi connectivity index (χ3v) is 2.09. The highest BCUT2D eigenvalue weighted by Crippen LogP contribution is 2.14. The van der Waals surface area contributed by atoms with E-state index in [1.165, 1.54) is 0 Å². The second kappa shape index (κ2) is 4.68. The summed E-state index contributed by atoms with van der Waals surface area (Å²) in [7, 11) is 0. The maximum Gasteiger partial charge on any atom is 0.343 e. The minimum Gasteiger partial charge on any atom is -0.330 e. The van der Waals surface area contributed by atoms with Crippen LogP contribution in [0.4, 0.5) is 0 Å². The summed E-state index contributed by atoms with van der Waals surface area (Å²) >= 11 is 0. The first-order chi connectivity index (χ1) is 7.10. The van der Waals surface area contributed by atoms with Gasteiger partial charge in [0.05, 0.1) is 0 Å². The van der Waals surface area contributed by atoms with Gasteiger partial charge in [0.2, 0.25) is 0 Å². The van der Waals surface area contributed by atoms with Gasteiger partial charge in [-0.1, -0.05) is 6.92 Å². The van der Waals surface area contributed by atoms with E-state index in [-0.39, 0.29) is 19.3 Å². The molecular weight excluding hydrogens is 202 g/mol. The largest absolute Gasteiger partial charge is 0.343 e. The van der Waals surface area contributed by atoms with Crippen molar-refractivity contribution in [3.8, 4) is 0 Å². The number of imide groups is 1. The molecule has 0 spiro atoms. The van der Waals surface area contributed by atoms with E-state index in [4.69, 9.17) is 0 Å². The number of rotatable bonds is 4. The molecule has 1 fully saturated rings. The van der Waals surface area contributed by atoms with Gasteiger partial charge < -0.3 is 9.63 Å². The van der Waals surface area contributed by atoms with Crippen molar-refractivity contribution in [1.29, 1.82) is 0 Å². The van der Waals surface area contributed by atoms with Crippen molar-refractivity contribution in [2.75, 3.05) is 0 Å². The van der Waals surface area contributed by atoms with Gasteiger partial charge in [0.1, 0.15) is 12.2 Å². The second-order valence-electron chi connectivity index (χ2n) is 3.14. The number of nitrogens with zero attached hydrogens (tertiary/aromatic N) is 1. The lowest BCUT2D eigenvalue weighted by atomic mass is 10.1. The molecule has 1 atom stereocenters. The van der Waals surface area contributed by atoms with Crippen molar-refractivity contribution >= 4 is 24.1 Å². The molecule has 0 aromatic rings. The summed E-state index contributed by atoms with van der Waals surface area (Å²) in [6, 6.07) is 0.